The predicted octanol–water partition coefficient (Wildman–Crippen LogP) is 4.51. The van der Waals surface area contributed by atoms with Crippen LogP contribution >= 0.6 is 11.6 Å². The number of hydrogen-bond donors (Lipinski definition) is 1. The average molecular weight is 299 g/mol. The van der Waals surface area contributed by atoms with Crippen molar-refractivity contribution in [1.82, 2.24) is 4.98 Å². The summed E-state index contributed by atoms with van der Waals surface area (Å²) in [6.45, 7) is 0.704. The highest BCUT2D eigenvalue weighted by atomic mass is 35.5. The smallest absolute Gasteiger partial charge is 0.134 e. The topological polar surface area (TPSA) is 34.1 Å². The molecule has 106 valence electrons. The molecule has 0 bridgehead atoms. The second-order valence-electron chi connectivity index (χ2n) is 4.73. The number of methoxy groups -OCH3 is 1. The van der Waals surface area contributed by atoms with Gasteiger partial charge in [0.15, 0.2) is 0 Å². The first-order valence-corrected chi connectivity index (χ1v) is 7.05. The molecule has 0 saturated heterocycles. The molecule has 0 aliphatic carbocycles. The zero-order chi connectivity index (χ0) is 14.7. The molecule has 0 aliphatic heterocycles. The maximum absolute atomic E-state index is 5.89. The third-order valence-electron chi connectivity index (χ3n) is 3.34. The van der Waals surface area contributed by atoms with Crippen molar-refractivity contribution in [3.63, 3.8) is 0 Å². The fourth-order valence-corrected chi connectivity index (χ4v) is 2.34. The molecule has 0 amide bonds. The van der Waals surface area contributed by atoms with Gasteiger partial charge in [0.2, 0.25) is 0 Å². The molecule has 1 heterocycles. The van der Waals surface area contributed by atoms with Crippen molar-refractivity contribution in [2.75, 3.05) is 12.4 Å². The molecule has 0 radical (unpaired) electrons. The molecule has 0 spiro atoms. The Bertz CT molecular complexity index is 756. The quantitative estimate of drug-likeness (QED) is 0.769. The van der Waals surface area contributed by atoms with Gasteiger partial charge in [0.25, 0.3) is 0 Å². The summed E-state index contributed by atoms with van der Waals surface area (Å²) in [7, 11) is 1.67. The second kappa shape index (κ2) is 6.02. The van der Waals surface area contributed by atoms with E-state index in [0.29, 0.717) is 6.54 Å². The number of hydrogen-bond acceptors (Lipinski definition) is 3. The average Bonchev–Trinajstić information content (AvgIpc) is 2.53. The van der Waals surface area contributed by atoms with Crippen molar-refractivity contribution in [3.8, 4) is 5.75 Å². The van der Waals surface area contributed by atoms with Crippen LogP contribution in [0.2, 0.25) is 5.02 Å². The van der Waals surface area contributed by atoms with E-state index in [2.05, 4.69) is 10.3 Å². The van der Waals surface area contributed by atoms with Crippen LogP contribution in [-0.4, -0.2) is 12.1 Å². The van der Waals surface area contributed by atoms with Crippen LogP contribution < -0.4 is 10.1 Å². The van der Waals surface area contributed by atoms with E-state index in [9.17, 15) is 0 Å². The van der Waals surface area contributed by atoms with Gasteiger partial charge in [-0.25, -0.2) is 4.98 Å². The van der Waals surface area contributed by atoms with Gasteiger partial charge in [0.1, 0.15) is 11.6 Å². The summed E-state index contributed by atoms with van der Waals surface area (Å²) in [5, 5.41) is 6.29. The van der Waals surface area contributed by atoms with Crippen molar-refractivity contribution in [2.45, 2.75) is 6.54 Å². The third-order valence-corrected chi connectivity index (χ3v) is 3.60. The molecule has 4 heteroatoms. The highest BCUT2D eigenvalue weighted by Crippen LogP contribution is 2.25. The van der Waals surface area contributed by atoms with Crippen LogP contribution in [0, 0.1) is 0 Å². The Hall–Kier alpha value is -2.26. The lowest BCUT2D eigenvalue weighted by Crippen LogP contribution is -2.01. The highest BCUT2D eigenvalue weighted by molar-refractivity contribution is 6.30. The van der Waals surface area contributed by atoms with Crippen LogP contribution in [0.3, 0.4) is 0 Å². The van der Waals surface area contributed by atoms with E-state index in [1.54, 1.807) is 13.3 Å². The van der Waals surface area contributed by atoms with Crippen molar-refractivity contribution in [3.05, 3.63) is 65.3 Å². The molecule has 0 fully saturated rings. The maximum atomic E-state index is 5.89. The number of pyridine rings is 1. The Morgan fingerprint density at radius 1 is 1.10 bits per heavy atom. The molecule has 0 unspecified atom stereocenters. The van der Waals surface area contributed by atoms with E-state index in [0.717, 1.165) is 32.9 Å². The van der Waals surface area contributed by atoms with Crippen molar-refractivity contribution in [1.29, 1.82) is 0 Å². The van der Waals surface area contributed by atoms with E-state index < -0.39 is 0 Å². The van der Waals surface area contributed by atoms with Crippen LogP contribution in [0.25, 0.3) is 10.8 Å². The van der Waals surface area contributed by atoms with Gasteiger partial charge in [-0.1, -0.05) is 23.7 Å². The van der Waals surface area contributed by atoms with Crippen LogP contribution in [-0.2, 0) is 6.54 Å². The van der Waals surface area contributed by atoms with Gasteiger partial charge in [-0.05, 0) is 47.3 Å². The molecular formula is C17H15ClN2O. The number of rotatable bonds is 4. The van der Waals surface area contributed by atoms with Crippen molar-refractivity contribution in [2.24, 2.45) is 0 Å². The van der Waals surface area contributed by atoms with Crippen molar-refractivity contribution >= 4 is 28.2 Å². The minimum atomic E-state index is 0.704. The molecule has 21 heavy (non-hydrogen) atoms. The van der Waals surface area contributed by atoms with Gasteiger partial charge in [-0.3, -0.25) is 0 Å². The fraction of sp³-hybridized carbons (Fsp3) is 0.118. The van der Waals surface area contributed by atoms with Gasteiger partial charge in [-0.2, -0.15) is 0 Å². The van der Waals surface area contributed by atoms with E-state index in [1.165, 1.54) is 0 Å². The van der Waals surface area contributed by atoms with Gasteiger partial charge < -0.3 is 10.1 Å². The lowest BCUT2D eigenvalue weighted by molar-refractivity contribution is 0.415. The second-order valence-corrected chi connectivity index (χ2v) is 5.16. The Morgan fingerprint density at radius 3 is 2.67 bits per heavy atom. The van der Waals surface area contributed by atoms with Crippen molar-refractivity contribution < 1.29 is 4.74 Å². The molecule has 1 aromatic heterocycles. The summed E-state index contributed by atoms with van der Waals surface area (Å²) < 4.78 is 5.25. The van der Waals surface area contributed by atoms with Gasteiger partial charge in [-0.15, -0.1) is 0 Å². The van der Waals surface area contributed by atoms with Gasteiger partial charge in [0, 0.05) is 23.2 Å². The minimum Gasteiger partial charge on any atom is -0.497 e. The van der Waals surface area contributed by atoms with Crippen LogP contribution in [0.1, 0.15) is 5.56 Å². The number of ether oxygens (including phenoxy) is 1. The zero-order valence-electron chi connectivity index (χ0n) is 11.6. The lowest BCUT2D eigenvalue weighted by atomic mass is 10.1. The summed E-state index contributed by atoms with van der Waals surface area (Å²) in [6.07, 6.45) is 1.80. The summed E-state index contributed by atoms with van der Waals surface area (Å²) in [5.41, 5.74) is 1.16. The summed E-state index contributed by atoms with van der Waals surface area (Å²) in [6, 6.07) is 15.7. The monoisotopic (exact) mass is 298 g/mol. The van der Waals surface area contributed by atoms with Crippen LogP contribution in [0.4, 0.5) is 5.82 Å². The molecule has 3 nitrogen and oxygen atoms in total. The predicted molar refractivity (Wildman–Crippen MR) is 87.1 cm³/mol. The molecule has 3 aromatic rings. The highest BCUT2D eigenvalue weighted by Gasteiger charge is 2.03. The molecule has 0 aliphatic rings. The zero-order valence-corrected chi connectivity index (χ0v) is 12.4. The largest absolute Gasteiger partial charge is 0.497 e. The third kappa shape index (κ3) is 3.09. The molecule has 1 N–H and O–H groups in total. The Labute approximate surface area is 128 Å². The fourth-order valence-electron chi connectivity index (χ4n) is 2.21. The van der Waals surface area contributed by atoms with E-state index in [1.807, 2.05) is 48.5 Å². The molecule has 0 atom stereocenters. The first-order valence-electron chi connectivity index (χ1n) is 6.67. The normalized spacial score (nSPS) is 10.6. The van der Waals surface area contributed by atoms with E-state index in [-0.39, 0.29) is 0 Å². The number of fused-ring (bicyclic) bond motifs is 1. The Morgan fingerprint density at radius 2 is 1.90 bits per heavy atom. The van der Waals surface area contributed by atoms with E-state index in [4.69, 9.17) is 16.3 Å². The number of anilines is 1. The van der Waals surface area contributed by atoms with Gasteiger partial charge in [0.05, 0.1) is 7.11 Å². The summed E-state index contributed by atoms with van der Waals surface area (Å²) >= 11 is 5.89. The molecule has 3 rings (SSSR count). The Kier molecular flexibility index (Phi) is 3.93. The summed E-state index contributed by atoms with van der Waals surface area (Å²) in [4.78, 5) is 4.42. The standard InChI is InChI=1S/C17H15ClN2O/c1-21-15-6-7-16-13(10-15)8-9-19-17(16)20-11-12-2-4-14(18)5-3-12/h2-10H,11H2,1H3,(H,19,20). The molecule has 0 saturated carbocycles. The summed E-state index contributed by atoms with van der Waals surface area (Å²) in [5.74, 6) is 1.71. The molecular weight excluding hydrogens is 284 g/mol. The number of nitrogens with one attached hydrogen (secondary N) is 1. The van der Waals surface area contributed by atoms with Crippen LogP contribution in [0.15, 0.2) is 54.7 Å². The number of halogens is 1. The molecule has 2 aromatic carbocycles. The van der Waals surface area contributed by atoms with E-state index >= 15 is 0 Å². The first-order chi connectivity index (χ1) is 10.3. The first kappa shape index (κ1) is 13.7. The number of benzene rings is 2. The lowest BCUT2D eigenvalue weighted by Gasteiger charge is -2.10. The number of aromatic nitrogens is 1. The minimum absolute atomic E-state index is 0.704. The SMILES string of the molecule is COc1ccc2c(NCc3ccc(Cl)cc3)nccc2c1. The maximum Gasteiger partial charge on any atom is 0.134 e. The van der Waals surface area contributed by atoms with Crippen LogP contribution in [0.5, 0.6) is 5.75 Å². The van der Waals surface area contributed by atoms with Gasteiger partial charge >= 0.3 is 0 Å². The number of nitrogens with zero attached hydrogens (tertiary/aromatic N) is 1. The Balaban J connectivity index is 1.85.